The van der Waals surface area contributed by atoms with Gasteiger partial charge in [0.25, 0.3) is 0 Å². The molecule has 0 saturated carbocycles. The SMILES string of the molecule is O=S(=O)([O-])N[C@H]1C(O)O[C@H](CO)[C@@H](O)[C@@H]1O. The van der Waals surface area contributed by atoms with Crippen LogP contribution in [0.1, 0.15) is 0 Å². The van der Waals surface area contributed by atoms with E-state index in [4.69, 9.17) is 5.11 Å². The minimum atomic E-state index is -4.91. The highest BCUT2D eigenvalue weighted by Gasteiger charge is 2.44. The largest absolute Gasteiger partial charge is 0.735 e. The number of aliphatic hydroxyl groups excluding tert-OH is 4. The summed E-state index contributed by atoms with van der Waals surface area (Å²) in [5.74, 6) is 0. The maximum atomic E-state index is 10.4. The Morgan fingerprint density at radius 3 is 2.25 bits per heavy atom. The second kappa shape index (κ2) is 4.89. The molecule has 5 N–H and O–H groups in total. The van der Waals surface area contributed by atoms with Crippen LogP contribution in [0, 0.1) is 0 Å². The molecule has 16 heavy (non-hydrogen) atoms. The fraction of sp³-hybridized carbons (Fsp3) is 1.00. The minimum absolute atomic E-state index is 0.674. The van der Waals surface area contributed by atoms with Gasteiger partial charge in [-0.1, -0.05) is 0 Å². The topological polar surface area (TPSA) is 159 Å². The van der Waals surface area contributed by atoms with E-state index in [0.717, 1.165) is 0 Å². The Labute approximate surface area is 91.2 Å². The summed E-state index contributed by atoms with van der Waals surface area (Å²) in [6, 6.07) is -1.68. The summed E-state index contributed by atoms with van der Waals surface area (Å²) >= 11 is 0. The van der Waals surface area contributed by atoms with Crippen molar-refractivity contribution >= 4 is 10.3 Å². The predicted molar refractivity (Wildman–Crippen MR) is 46.6 cm³/mol. The highest BCUT2D eigenvalue weighted by Crippen LogP contribution is 2.19. The molecule has 0 bridgehead atoms. The normalized spacial score (nSPS) is 40.9. The van der Waals surface area contributed by atoms with Gasteiger partial charge in [-0.3, -0.25) is 0 Å². The van der Waals surface area contributed by atoms with Gasteiger partial charge in [-0.05, 0) is 0 Å². The average Bonchev–Trinajstić information content (AvgIpc) is 2.17. The van der Waals surface area contributed by atoms with Gasteiger partial charge in [0.15, 0.2) is 16.6 Å². The lowest BCUT2D eigenvalue weighted by Crippen LogP contribution is -2.64. The van der Waals surface area contributed by atoms with Crippen molar-refractivity contribution in [3.05, 3.63) is 0 Å². The molecule has 0 aromatic heterocycles. The summed E-state index contributed by atoms with van der Waals surface area (Å²) in [6.07, 6.45) is -6.46. The first kappa shape index (κ1) is 13.7. The quantitative estimate of drug-likeness (QED) is 0.319. The summed E-state index contributed by atoms with van der Waals surface area (Å²) in [5.41, 5.74) is 0. The van der Waals surface area contributed by atoms with Crippen molar-refractivity contribution in [2.24, 2.45) is 0 Å². The zero-order chi connectivity index (χ0) is 12.5. The van der Waals surface area contributed by atoms with Crippen LogP contribution in [0.3, 0.4) is 0 Å². The third kappa shape index (κ3) is 3.09. The summed E-state index contributed by atoms with van der Waals surface area (Å²) in [7, 11) is -4.91. The van der Waals surface area contributed by atoms with Gasteiger partial charge in [-0.25, -0.2) is 13.1 Å². The lowest BCUT2D eigenvalue weighted by molar-refractivity contribution is -0.251. The molecule has 1 aliphatic heterocycles. The van der Waals surface area contributed by atoms with Gasteiger partial charge in [-0.15, -0.1) is 0 Å². The minimum Gasteiger partial charge on any atom is -0.735 e. The maximum Gasteiger partial charge on any atom is 0.174 e. The van der Waals surface area contributed by atoms with Gasteiger partial charge < -0.3 is 29.7 Å². The maximum absolute atomic E-state index is 10.4. The molecule has 1 aliphatic rings. The number of aliphatic hydroxyl groups is 4. The van der Waals surface area contributed by atoms with E-state index in [1.54, 1.807) is 0 Å². The second-order valence-corrected chi connectivity index (χ2v) is 4.47. The number of rotatable bonds is 3. The smallest absolute Gasteiger partial charge is 0.174 e. The summed E-state index contributed by atoms with van der Waals surface area (Å²) < 4.78 is 37.1. The molecule has 0 spiro atoms. The highest BCUT2D eigenvalue weighted by atomic mass is 32.2. The third-order valence-corrected chi connectivity index (χ3v) is 2.74. The molecule has 0 amide bonds. The van der Waals surface area contributed by atoms with Crippen LogP contribution < -0.4 is 4.72 Å². The molecular weight excluding hydrogens is 246 g/mol. The zero-order valence-corrected chi connectivity index (χ0v) is 8.74. The number of nitrogens with one attached hydrogen (secondary N) is 1. The van der Waals surface area contributed by atoms with Crippen LogP contribution in [0.4, 0.5) is 0 Å². The molecule has 1 fully saturated rings. The number of hydrogen-bond acceptors (Lipinski definition) is 8. The van der Waals surface area contributed by atoms with Crippen LogP contribution >= 0.6 is 0 Å². The van der Waals surface area contributed by atoms with Crippen LogP contribution in [0.25, 0.3) is 0 Å². The lowest BCUT2D eigenvalue weighted by atomic mass is 9.98. The van der Waals surface area contributed by atoms with E-state index in [-0.39, 0.29) is 0 Å². The first-order valence-corrected chi connectivity index (χ1v) is 5.70. The van der Waals surface area contributed by atoms with Gasteiger partial charge in [-0.2, -0.15) is 0 Å². The molecule has 0 aliphatic carbocycles. The average molecular weight is 258 g/mol. The summed E-state index contributed by atoms with van der Waals surface area (Å²) in [4.78, 5) is 0. The van der Waals surface area contributed by atoms with Crippen molar-refractivity contribution in [1.82, 2.24) is 4.72 Å². The molecule has 96 valence electrons. The van der Waals surface area contributed by atoms with Crippen LogP contribution in [-0.4, -0.2) is 70.6 Å². The Morgan fingerprint density at radius 2 is 1.81 bits per heavy atom. The molecular formula is C6H12NO8S-. The van der Waals surface area contributed by atoms with E-state index in [0.29, 0.717) is 0 Å². The van der Waals surface area contributed by atoms with Gasteiger partial charge in [0, 0.05) is 0 Å². The molecule has 0 aromatic rings. The van der Waals surface area contributed by atoms with Gasteiger partial charge in [0.05, 0.1) is 12.6 Å². The van der Waals surface area contributed by atoms with Gasteiger partial charge >= 0.3 is 0 Å². The van der Waals surface area contributed by atoms with Crippen molar-refractivity contribution < 1.29 is 38.1 Å². The standard InChI is InChI=1S/C6H13NO8S/c8-1-2-4(9)5(10)3(6(11)15-2)7-16(12,13)14/h2-11H,1H2,(H,12,13,14)/p-1/t2-,3-,4-,5-,6?/m1/s1. The highest BCUT2D eigenvalue weighted by molar-refractivity contribution is 7.83. The van der Waals surface area contributed by atoms with Crippen molar-refractivity contribution in [2.75, 3.05) is 6.61 Å². The monoisotopic (exact) mass is 258 g/mol. The van der Waals surface area contributed by atoms with Crippen molar-refractivity contribution in [3.8, 4) is 0 Å². The first-order chi connectivity index (χ1) is 7.26. The lowest BCUT2D eigenvalue weighted by Gasteiger charge is -2.40. The van der Waals surface area contributed by atoms with E-state index >= 15 is 0 Å². The fourth-order valence-corrected chi connectivity index (χ4v) is 1.98. The molecule has 1 heterocycles. The molecule has 1 saturated heterocycles. The van der Waals surface area contributed by atoms with Gasteiger partial charge in [0.1, 0.15) is 18.3 Å². The Morgan fingerprint density at radius 1 is 1.25 bits per heavy atom. The molecule has 1 unspecified atom stereocenters. The van der Waals surface area contributed by atoms with Crippen molar-refractivity contribution in [1.29, 1.82) is 0 Å². The van der Waals surface area contributed by atoms with Crippen LogP contribution in [0.15, 0.2) is 0 Å². The van der Waals surface area contributed by atoms with E-state index < -0.39 is 47.6 Å². The Kier molecular flexibility index (Phi) is 4.20. The van der Waals surface area contributed by atoms with Gasteiger partial charge in [0.2, 0.25) is 0 Å². The van der Waals surface area contributed by atoms with E-state index in [1.165, 1.54) is 4.72 Å². The zero-order valence-electron chi connectivity index (χ0n) is 7.92. The Bertz CT molecular complexity index is 331. The van der Waals surface area contributed by atoms with E-state index in [2.05, 4.69) is 4.74 Å². The van der Waals surface area contributed by atoms with Crippen LogP contribution in [0.2, 0.25) is 0 Å². The molecule has 5 atom stereocenters. The molecule has 0 radical (unpaired) electrons. The second-order valence-electron chi connectivity index (χ2n) is 3.33. The van der Waals surface area contributed by atoms with Crippen molar-refractivity contribution in [3.63, 3.8) is 0 Å². The van der Waals surface area contributed by atoms with E-state index in [1.807, 2.05) is 0 Å². The van der Waals surface area contributed by atoms with Crippen molar-refractivity contribution in [2.45, 2.75) is 30.6 Å². The summed E-state index contributed by atoms with van der Waals surface area (Å²) in [6.45, 7) is -0.674. The third-order valence-electron chi connectivity index (χ3n) is 2.18. The van der Waals surface area contributed by atoms with Crippen LogP contribution in [0.5, 0.6) is 0 Å². The molecule has 1 rings (SSSR count). The molecule has 10 heteroatoms. The molecule has 9 nitrogen and oxygen atoms in total. The summed E-state index contributed by atoms with van der Waals surface area (Å²) in [5, 5.41) is 36.7. The number of hydrogen-bond donors (Lipinski definition) is 5. The predicted octanol–water partition coefficient (Wildman–Crippen LogP) is -4.16. The fourth-order valence-electron chi connectivity index (χ4n) is 1.39. The Hall–Kier alpha value is -0.330. The Balaban J connectivity index is 2.80. The van der Waals surface area contributed by atoms with E-state index in [9.17, 15) is 28.3 Å². The first-order valence-electron chi connectivity index (χ1n) is 4.30. The molecule has 0 aromatic carbocycles. The van der Waals surface area contributed by atoms with Crippen LogP contribution in [-0.2, 0) is 15.0 Å². The number of ether oxygens (including phenoxy) is 1.